The van der Waals surface area contributed by atoms with Crippen molar-refractivity contribution < 1.29 is 9.90 Å². The number of hydrogen-bond acceptors (Lipinski definition) is 1. The molecule has 2 rings (SSSR count). The Morgan fingerprint density at radius 2 is 2.06 bits per heavy atom. The van der Waals surface area contributed by atoms with Crippen LogP contribution in [0.4, 0.5) is 0 Å². The van der Waals surface area contributed by atoms with E-state index in [-0.39, 0.29) is 0 Å². The van der Waals surface area contributed by atoms with Crippen LogP contribution in [0.3, 0.4) is 0 Å². The molecule has 3 heteroatoms. The average molecular weight is 231 g/mol. The summed E-state index contributed by atoms with van der Waals surface area (Å²) in [7, 11) is 0. The molecule has 0 aliphatic carbocycles. The topological polar surface area (TPSA) is 42.2 Å². The van der Waals surface area contributed by atoms with Crippen LogP contribution in [-0.4, -0.2) is 15.6 Å². The number of carboxylic acids is 1. The van der Waals surface area contributed by atoms with Crippen molar-refractivity contribution >= 4 is 16.9 Å². The Hall–Kier alpha value is -1.77. The van der Waals surface area contributed by atoms with Crippen molar-refractivity contribution in [3.63, 3.8) is 0 Å². The lowest BCUT2D eigenvalue weighted by molar-refractivity contribution is 0.0685. The number of aryl methyl sites for hydroxylation is 2. The van der Waals surface area contributed by atoms with Crippen LogP contribution in [0.25, 0.3) is 10.9 Å². The van der Waals surface area contributed by atoms with Gasteiger partial charge in [0.25, 0.3) is 0 Å². The first kappa shape index (κ1) is 11.7. The molecular formula is C14H17NO2. The molecule has 3 nitrogen and oxygen atoms in total. The smallest absolute Gasteiger partial charge is 0.352 e. The highest BCUT2D eigenvalue weighted by atomic mass is 16.4. The molecule has 1 aromatic heterocycles. The van der Waals surface area contributed by atoms with E-state index >= 15 is 0 Å². The predicted molar refractivity (Wildman–Crippen MR) is 68.6 cm³/mol. The minimum atomic E-state index is -0.854. The predicted octanol–water partition coefficient (Wildman–Crippen LogP) is 3.31. The van der Waals surface area contributed by atoms with E-state index < -0.39 is 5.97 Å². The molecule has 0 radical (unpaired) electrons. The Balaban J connectivity index is 2.65. The summed E-state index contributed by atoms with van der Waals surface area (Å²) in [5, 5.41) is 10.2. The Labute approximate surface area is 101 Å². The van der Waals surface area contributed by atoms with Crippen molar-refractivity contribution in [2.75, 3.05) is 0 Å². The Morgan fingerprint density at radius 3 is 2.65 bits per heavy atom. The normalized spacial score (nSPS) is 10.9. The number of rotatable bonds is 4. The lowest BCUT2D eigenvalue weighted by Gasteiger charge is -2.06. The number of carbonyl (C=O) groups is 1. The molecule has 0 fully saturated rings. The number of aromatic carboxylic acids is 1. The molecule has 0 spiro atoms. The summed E-state index contributed by atoms with van der Waals surface area (Å²) in [4.78, 5) is 11.2. The number of carboxylic acid groups (broad SMARTS) is 1. The molecule has 0 aliphatic heterocycles. The molecule has 90 valence electrons. The molecule has 1 aromatic carbocycles. The van der Waals surface area contributed by atoms with Gasteiger partial charge < -0.3 is 9.67 Å². The first-order chi connectivity index (χ1) is 8.17. The van der Waals surface area contributed by atoms with Crippen LogP contribution in [0.15, 0.2) is 24.3 Å². The minimum Gasteiger partial charge on any atom is -0.477 e. The third-order valence-electron chi connectivity index (χ3n) is 3.04. The second kappa shape index (κ2) is 4.62. The van der Waals surface area contributed by atoms with Gasteiger partial charge in [0.2, 0.25) is 0 Å². The molecule has 0 atom stereocenters. The lowest BCUT2D eigenvalue weighted by Crippen LogP contribution is -2.07. The summed E-state index contributed by atoms with van der Waals surface area (Å²) in [6.07, 6.45) is 1.90. The van der Waals surface area contributed by atoms with Crippen LogP contribution < -0.4 is 0 Å². The Morgan fingerprint density at radius 1 is 1.29 bits per heavy atom. The molecule has 0 aliphatic rings. The molecule has 0 saturated heterocycles. The van der Waals surface area contributed by atoms with Crippen molar-refractivity contribution in [1.29, 1.82) is 0 Å². The van der Waals surface area contributed by atoms with Gasteiger partial charge in [-0.15, -0.1) is 0 Å². The van der Waals surface area contributed by atoms with Crippen LogP contribution in [0.2, 0.25) is 0 Å². The number of hydrogen-bond donors (Lipinski definition) is 1. The van der Waals surface area contributed by atoms with E-state index in [9.17, 15) is 9.90 Å². The minimum absolute atomic E-state index is 0.384. The number of nitrogens with zero attached hydrogens (tertiary/aromatic N) is 1. The molecule has 0 saturated carbocycles. The van der Waals surface area contributed by atoms with Crippen LogP contribution in [0.5, 0.6) is 0 Å². The molecule has 1 heterocycles. The average Bonchev–Trinajstić information content (AvgIpc) is 2.68. The quantitative estimate of drug-likeness (QED) is 0.877. The maximum absolute atomic E-state index is 11.2. The second-order valence-corrected chi connectivity index (χ2v) is 4.23. The van der Waals surface area contributed by atoms with Gasteiger partial charge >= 0.3 is 5.97 Å². The van der Waals surface area contributed by atoms with Crippen LogP contribution in [0.1, 0.15) is 36.3 Å². The molecule has 17 heavy (non-hydrogen) atoms. The zero-order chi connectivity index (χ0) is 12.4. The number of aromatic nitrogens is 1. The fraction of sp³-hybridized carbons (Fsp3) is 0.357. The summed E-state index contributed by atoms with van der Waals surface area (Å²) < 4.78 is 1.89. The van der Waals surface area contributed by atoms with Gasteiger partial charge in [-0.05, 0) is 36.6 Å². The summed E-state index contributed by atoms with van der Waals surface area (Å²) in [5.74, 6) is -0.854. The van der Waals surface area contributed by atoms with Crippen LogP contribution >= 0.6 is 0 Å². The van der Waals surface area contributed by atoms with Gasteiger partial charge in [0.1, 0.15) is 5.69 Å². The highest BCUT2D eigenvalue weighted by Crippen LogP contribution is 2.22. The van der Waals surface area contributed by atoms with Crippen molar-refractivity contribution in [2.45, 2.75) is 33.2 Å². The summed E-state index contributed by atoms with van der Waals surface area (Å²) in [6, 6.07) is 7.94. The SMILES string of the molecule is CCCn1c(C(=O)O)cc2cc(CC)ccc21. The number of benzene rings is 1. The van der Waals surface area contributed by atoms with Crippen molar-refractivity contribution in [2.24, 2.45) is 0 Å². The standard InChI is InChI=1S/C14H17NO2/c1-3-7-15-12-6-5-10(4-2)8-11(12)9-13(15)14(16)17/h5-6,8-9H,3-4,7H2,1-2H3,(H,16,17). The Bertz CT molecular complexity index is 555. The molecule has 0 amide bonds. The van der Waals surface area contributed by atoms with E-state index in [0.29, 0.717) is 5.69 Å². The highest BCUT2D eigenvalue weighted by molar-refractivity contribution is 5.94. The van der Waals surface area contributed by atoms with Gasteiger partial charge in [-0.1, -0.05) is 19.9 Å². The van der Waals surface area contributed by atoms with Gasteiger partial charge in [0, 0.05) is 17.4 Å². The van der Waals surface area contributed by atoms with Crippen LogP contribution in [-0.2, 0) is 13.0 Å². The highest BCUT2D eigenvalue weighted by Gasteiger charge is 2.13. The van der Waals surface area contributed by atoms with E-state index in [1.54, 1.807) is 6.07 Å². The first-order valence-electron chi connectivity index (χ1n) is 6.02. The van der Waals surface area contributed by atoms with Gasteiger partial charge in [0.05, 0.1) is 0 Å². The lowest BCUT2D eigenvalue weighted by atomic mass is 10.1. The first-order valence-corrected chi connectivity index (χ1v) is 6.02. The van der Waals surface area contributed by atoms with E-state index in [1.807, 2.05) is 10.6 Å². The van der Waals surface area contributed by atoms with E-state index in [1.165, 1.54) is 5.56 Å². The number of fused-ring (bicyclic) bond motifs is 1. The monoisotopic (exact) mass is 231 g/mol. The maximum atomic E-state index is 11.2. The molecular weight excluding hydrogens is 214 g/mol. The van der Waals surface area contributed by atoms with E-state index in [4.69, 9.17) is 0 Å². The Kier molecular flexibility index (Phi) is 3.18. The van der Waals surface area contributed by atoms with Gasteiger partial charge in [0.15, 0.2) is 0 Å². The van der Waals surface area contributed by atoms with Gasteiger partial charge in [-0.25, -0.2) is 4.79 Å². The molecule has 0 unspecified atom stereocenters. The zero-order valence-corrected chi connectivity index (χ0v) is 10.2. The third kappa shape index (κ3) is 2.05. The van der Waals surface area contributed by atoms with E-state index in [2.05, 4.69) is 26.0 Å². The largest absolute Gasteiger partial charge is 0.477 e. The van der Waals surface area contributed by atoms with Crippen molar-refractivity contribution in [1.82, 2.24) is 4.57 Å². The van der Waals surface area contributed by atoms with Gasteiger partial charge in [-0.3, -0.25) is 0 Å². The van der Waals surface area contributed by atoms with Crippen molar-refractivity contribution in [3.8, 4) is 0 Å². The fourth-order valence-corrected chi connectivity index (χ4v) is 2.18. The summed E-state index contributed by atoms with van der Waals surface area (Å²) >= 11 is 0. The molecule has 1 N–H and O–H groups in total. The molecule has 0 bridgehead atoms. The molecule has 2 aromatic rings. The third-order valence-corrected chi connectivity index (χ3v) is 3.04. The summed E-state index contributed by atoms with van der Waals surface area (Å²) in [6.45, 7) is 4.90. The van der Waals surface area contributed by atoms with Gasteiger partial charge in [-0.2, -0.15) is 0 Å². The summed E-state index contributed by atoms with van der Waals surface area (Å²) in [5.41, 5.74) is 2.64. The maximum Gasteiger partial charge on any atom is 0.352 e. The van der Waals surface area contributed by atoms with E-state index in [0.717, 1.165) is 30.3 Å². The second-order valence-electron chi connectivity index (χ2n) is 4.23. The fourth-order valence-electron chi connectivity index (χ4n) is 2.18. The van der Waals surface area contributed by atoms with Crippen LogP contribution in [0, 0.1) is 0 Å². The zero-order valence-electron chi connectivity index (χ0n) is 10.2. The van der Waals surface area contributed by atoms with Crippen molar-refractivity contribution in [3.05, 3.63) is 35.5 Å².